The number of rotatable bonds is 8. The normalized spacial score (nSPS) is 10.6. The van der Waals surface area contributed by atoms with E-state index in [4.69, 9.17) is 23.6 Å². The number of methoxy groups -OCH3 is 3. The Morgan fingerprint density at radius 3 is 2.09 bits per heavy atom. The molecule has 3 aromatic carbocycles. The minimum Gasteiger partial charge on any atom is -0.493 e. The SMILES string of the molecule is COc1cc(-c2c(-c3ccc(OCc4ccccc4)cc3)no[n+]2[O-])cc(OC)c1OC. The summed E-state index contributed by atoms with van der Waals surface area (Å²) in [6.45, 7) is 0.460. The van der Waals surface area contributed by atoms with Gasteiger partial charge in [0.1, 0.15) is 12.4 Å². The maximum Gasteiger partial charge on any atom is 0.256 e. The number of nitrogens with zero attached hydrogens (tertiary/aromatic N) is 2. The predicted molar refractivity (Wildman–Crippen MR) is 117 cm³/mol. The average Bonchev–Trinajstić information content (AvgIpc) is 3.24. The fourth-order valence-electron chi connectivity index (χ4n) is 3.35. The first-order valence-corrected chi connectivity index (χ1v) is 9.82. The van der Waals surface area contributed by atoms with Crippen LogP contribution in [0.5, 0.6) is 23.0 Å². The Bertz CT molecular complexity index is 1160. The summed E-state index contributed by atoms with van der Waals surface area (Å²) in [6, 6.07) is 20.5. The second kappa shape index (κ2) is 9.30. The van der Waals surface area contributed by atoms with Crippen LogP contribution in [0.1, 0.15) is 5.56 Å². The number of aromatic nitrogens is 2. The standard InChI is InChI=1S/C24H22N2O6/c1-28-20-13-18(14-21(29-2)24(20)30-3)23-22(25-32-26(23)27)17-9-11-19(12-10-17)31-15-16-7-5-4-6-8-16/h4-14H,15H2,1-3H3. The second-order valence-corrected chi connectivity index (χ2v) is 6.84. The summed E-state index contributed by atoms with van der Waals surface area (Å²) in [6.07, 6.45) is 0. The molecule has 0 aliphatic carbocycles. The Kier molecular flexibility index (Phi) is 6.12. The van der Waals surface area contributed by atoms with Crippen LogP contribution in [0.25, 0.3) is 22.5 Å². The highest BCUT2D eigenvalue weighted by Gasteiger charge is 2.26. The Morgan fingerprint density at radius 2 is 1.50 bits per heavy atom. The smallest absolute Gasteiger partial charge is 0.256 e. The van der Waals surface area contributed by atoms with Gasteiger partial charge in [-0.1, -0.05) is 30.3 Å². The van der Waals surface area contributed by atoms with Crippen molar-refractivity contribution in [2.75, 3.05) is 21.3 Å². The van der Waals surface area contributed by atoms with Gasteiger partial charge in [-0.3, -0.25) is 4.63 Å². The quantitative estimate of drug-likeness (QED) is 0.383. The van der Waals surface area contributed by atoms with Crippen LogP contribution in [0.4, 0.5) is 0 Å². The van der Waals surface area contributed by atoms with Crippen LogP contribution in [-0.4, -0.2) is 26.5 Å². The molecule has 0 radical (unpaired) electrons. The van der Waals surface area contributed by atoms with Crippen LogP contribution in [0.2, 0.25) is 0 Å². The lowest BCUT2D eigenvalue weighted by Gasteiger charge is -2.13. The van der Waals surface area contributed by atoms with Crippen molar-refractivity contribution in [3.63, 3.8) is 0 Å². The molecule has 0 fully saturated rings. The molecule has 0 N–H and O–H groups in total. The molecule has 8 nitrogen and oxygen atoms in total. The van der Waals surface area contributed by atoms with E-state index in [2.05, 4.69) is 5.16 Å². The van der Waals surface area contributed by atoms with Gasteiger partial charge in [0.15, 0.2) is 11.5 Å². The molecular weight excluding hydrogens is 412 g/mol. The zero-order valence-electron chi connectivity index (χ0n) is 17.9. The van der Waals surface area contributed by atoms with Crippen LogP contribution < -0.4 is 23.9 Å². The van der Waals surface area contributed by atoms with Crippen LogP contribution in [0.15, 0.2) is 71.4 Å². The third kappa shape index (κ3) is 4.15. The van der Waals surface area contributed by atoms with E-state index in [0.717, 1.165) is 5.56 Å². The molecule has 0 spiro atoms. The van der Waals surface area contributed by atoms with Crippen molar-refractivity contribution in [1.82, 2.24) is 5.16 Å². The fraction of sp³-hybridized carbons (Fsp3) is 0.167. The lowest BCUT2D eigenvalue weighted by Crippen LogP contribution is -2.25. The van der Waals surface area contributed by atoms with Crippen molar-refractivity contribution in [1.29, 1.82) is 0 Å². The van der Waals surface area contributed by atoms with Crippen molar-refractivity contribution < 1.29 is 28.5 Å². The predicted octanol–water partition coefficient (Wildman–Crippen LogP) is 4.25. The minimum absolute atomic E-state index is 0.224. The molecule has 0 saturated carbocycles. The molecule has 0 atom stereocenters. The Morgan fingerprint density at radius 1 is 0.844 bits per heavy atom. The highest BCUT2D eigenvalue weighted by atomic mass is 16.8. The van der Waals surface area contributed by atoms with E-state index < -0.39 is 0 Å². The molecule has 4 aromatic rings. The fourth-order valence-corrected chi connectivity index (χ4v) is 3.35. The molecular formula is C24H22N2O6. The number of hydrogen-bond donors (Lipinski definition) is 0. The van der Waals surface area contributed by atoms with E-state index >= 15 is 0 Å². The summed E-state index contributed by atoms with van der Waals surface area (Å²) < 4.78 is 26.9. The number of benzene rings is 3. The first-order chi connectivity index (χ1) is 15.6. The van der Waals surface area contributed by atoms with Gasteiger partial charge in [-0.15, -0.1) is 0 Å². The molecule has 0 aliphatic heterocycles. The molecule has 0 amide bonds. The molecule has 32 heavy (non-hydrogen) atoms. The van der Waals surface area contributed by atoms with Crippen molar-refractivity contribution in [3.8, 4) is 45.5 Å². The van der Waals surface area contributed by atoms with E-state index in [1.54, 1.807) is 12.1 Å². The van der Waals surface area contributed by atoms with Crippen molar-refractivity contribution in [2.45, 2.75) is 6.61 Å². The summed E-state index contributed by atoms with van der Waals surface area (Å²) in [5, 5.41) is 16.4. The van der Waals surface area contributed by atoms with Gasteiger partial charge in [-0.25, -0.2) is 0 Å². The van der Waals surface area contributed by atoms with Crippen molar-refractivity contribution in [2.24, 2.45) is 0 Å². The molecule has 1 aromatic heterocycles. The zero-order valence-corrected chi connectivity index (χ0v) is 17.9. The number of ether oxygens (including phenoxy) is 4. The van der Waals surface area contributed by atoms with Gasteiger partial charge >= 0.3 is 0 Å². The maximum atomic E-state index is 12.4. The monoisotopic (exact) mass is 434 g/mol. The highest BCUT2D eigenvalue weighted by molar-refractivity contribution is 5.78. The third-order valence-electron chi connectivity index (χ3n) is 4.93. The molecule has 1 heterocycles. The Balaban J connectivity index is 1.65. The van der Waals surface area contributed by atoms with Gasteiger partial charge in [-0.05, 0) is 46.9 Å². The lowest BCUT2D eigenvalue weighted by atomic mass is 10.0. The van der Waals surface area contributed by atoms with Gasteiger partial charge in [-0.2, -0.15) is 0 Å². The summed E-state index contributed by atoms with van der Waals surface area (Å²) in [5.41, 5.74) is 2.88. The summed E-state index contributed by atoms with van der Waals surface area (Å²) >= 11 is 0. The molecule has 8 heteroatoms. The third-order valence-corrected chi connectivity index (χ3v) is 4.93. The van der Waals surface area contributed by atoms with Gasteiger partial charge in [0.2, 0.25) is 11.4 Å². The Hall–Kier alpha value is -4.20. The summed E-state index contributed by atoms with van der Waals surface area (Å²) in [7, 11) is 4.53. The van der Waals surface area contributed by atoms with E-state index in [-0.39, 0.29) is 5.69 Å². The minimum atomic E-state index is 0.224. The van der Waals surface area contributed by atoms with E-state index in [0.29, 0.717) is 51.3 Å². The van der Waals surface area contributed by atoms with Crippen LogP contribution in [-0.2, 0) is 6.61 Å². The second-order valence-electron chi connectivity index (χ2n) is 6.84. The largest absolute Gasteiger partial charge is 0.493 e. The van der Waals surface area contributed by atoms with Gasteiger partial charge < -0.3 is 24.2 Å². The lowest BCUT2D eigenvalue weighted by molar-refractivity contribution is -0.793. The summed E-state index contributed by atoms with van der Waals surface area (Å²) in [4.78, 5) is 0.357. The topological polar surface area (TPSA) is 89.9 Å². The van der Waals surface area contributed by atoms with E-state index in [1.165, 1.54) is 21.3 Å². The average molecular weight is 434 g/mol. The highest BCUT2D eigenvalue weighted by Crippen LogP contribution is 2.42. The van der Waals surface area contributed by atoms with Crippen LogP contribution in [0, 0.1) is 5.21 Å². The molecule has 0 saturated heterocycles. The first kappa shape index (κ1) is 21.0. The number of hydrogen-bond acceptors (Lipinski definition) is 7. The van der Waals surface area contributed by atoms with E-state index in [1.807, 2.05) is 54.6 Å². The first-order valence-electron chi connectivity index (χ1n) is 9.82. The molecule has 0 unspecified atom stereocenters. The van der Waals surface area contributed by atoms with Gasteiger partial charge in [0.25, 0.3) is 5.69 Å². The molecule has 4 rings (SSSR count). The van der Waals surface area contributed by atoms with E-state index in [9.17, 15) is 5.21 Å². The van der Waals surface area contributed by atoms with Crippen molar-refractivity contribution >= 4 is 0 Å². The van der Waals surface area contributed by atoms with Crippen LogP contribution >= 0.6 is 0 Å². The van der Waals surface area contributed by atoms with Crippen molar-refractivity contribution in [3.05, 3.63) is 77.5 Å². The van der Waals surface area contributed by atoms with Gasteiger partial charge in [0, 0.05) is 16.3 Å². The maximum absolute atomic E-state index is 12.4. The molecule has 0 bridgehead atoms. The van der Waals surface area contributed by atoms with Gasteiger partial charge in [0.05, 0.1) is 21.3 Å². The zero-order chi connectivity index (χ0) is 22.5. The molecule has 164 valence electrons. The Labute approximate surface area is 185 Å². The molecule has 0 aliphatic rings. The van der Waals surface area contributed by atoms with Crippen LogP contribution in [0.3, 0.4) is 0 Å². The summed E-state index contributed by atoms with van der Waals surface area (Å²) in [5.74, 6) is 1.96.